The van der Waals surface area contributed by atoms with Crippen molar-refractivity contribution in [2.45, 2.75) is 25.7 Å². The van der Waals surface area contributed by atoms with Crippen LogP contribution in [0.15, 0.2) is 49.8 Å². The first-order valence-corrected chi connectivity index (χ1v) is 8.11. The molecule has 0 aliphatic heterocycles. The highest BCUT2D eigenvalue weighted by molar-refractivity contribution is 5.65. The van der Waals surface area contributed by atoms with Gasteiger partial charge in [0, 0.05) is 17.0 Å². The lowest BCUT2D eigenvalue weighted by molar-refractivity contribution is 0.380. The van der Waals surface area contributed by atoms with Crippen molar-refractivity contribution in [3.63, 3.8) is 0 Å². The molecule has 1 aromatic carbocycles. The minimum absolute atomic E-state index is 0.351. The summed E-state index contributed by atoms with van der Waals surface area (Å²) in [5, 5.41) is 12.2. The normalized spacial score (nSPS) is 14.1. The van der Waals surface area contributed by atoms with Crippen molar-refractivity contribution in [2.24, 2.45) is 0 Å². The molecular formula is C18H14N4O3. The van der Waals surface area contributed by atoms with Crippen molar-refractivity contribution in [3.8, 4) is 34.5 Å². The number of hydrogen-bond acceptors (Lipinski definition) is 7. The number of furan rings is 1. The van der Waals surface area contributed by atoms with E-state index < -0.39 is 0 Å². The van der Waals surface area contributed by atoms with E-state index in [0.717, 1.165) is 29.7 Å². The Kier molecular flexibility index (Phi) is 3.06. The zero-order valence-electron chi connectivity index (χ0n) is 13.5. The van der Waals surface area contributed by atoms with E-state index in [1.807, 2.05) is 43.3 Å². The average Bonchev–Trinajstić information content (AvgIpc) is 3.06. The molecule has 1 fully saturated rings. The molecule has 124 valence electrons. The monoisotopic (exact) mass is 334 g/mol. The van der Waals surface area contributed by atoms with Crippen LogP contribution in [-0.4, -0.2) is 20.3 Å². The van der Waals surface area contributed by atoms with Crippen molar-refractivity contribution in [1.29, 1.82) is 0 Å². The second kappa shape index (κ2) is 5.41. The van der Waals surface area contributed by atoms with Gasteiger partial charge in [-0.15, -0.1) is 10.2 Å². The first-order valence-electron chi connectivity index (χ1n) is 8.11. The number of benzene rings is 1. The molecule has 5 rings (SSSR count). The quantitative estimate of drug-likeness (QED) is 0.551. The zero-order chi connectivity index (χ0) is 16.8. The van der Waals surface area contributed by atoms with E-state index in [4.69, 9.17) is 13.4 Å². The van der Waals surface area contributed by atoms with Gasteiger partial charge in [-0.2, -0.15) is 4.98 Å². The molecular weight excluding hydrogens is 320 g/mol. The number of aromatic nitrogens is 4. The number of aryl methyl sites for hydroxylation is 1. The lowest BCUT2D eigenvalue weighted by Gasteiger charge is -1.97. The molecule has 1 saturated carbocycles. The van der Waals surface area contributed by atoms with Crippen molar-refractivity contribution in [2.75, 3.05) is 0 Å². The standard InChI is InChI=1S/C18H14N4O3/c1-10-5-8-14(23-10)18-21-20-17(24-18)13-4-2-3-12(9-13)15-19-16(25-22-15)11-6-7-11/h2-5,8-9,11H,6-7H2,1H3. The molecule has 0 N–H and O–H groups in total. The third kappa shape index (κ3) is 2.63. The molecule has 25 heavy (non-hydrogen) atoms. The van der Waals surface area contributed by atoms with Crippen molar-refractivity contribution < 1.29 is 13.4 Å². The maximum Gasteiger partial charge on any atom is 0.283 e. The predicted octanol–water partition coefficient (Wildman–Crippen LogP) is 4.23. The molecule has 0 unspecified atom stereocenters. The molecule has 7 heteroatoms. The third-order valence-electron chi connectivity index (χ3n) is 4.11. The fourth-order valence-electron chi connectivity index (χ4n) is 2.63. The van der Waals surface area contributed by atoms with Gasteiger partial charge in [-0.05, 0) is 44.0 Å². The smallest absolute Gasteiger partial charge is 0.283 e. The van der Waals surface area contributed by atoms with Crippen LogP contribution < -0.4 is 0 Å². The van der Waals surface area contributed by atoms with Gasteiger partial charge in [0.25, 0.3) is 5.89 Å². The first kappa shape index (κ1) is 14.2. The van der Waals surface area contributed by atoms with Crippen LogP contribution >= 0.6 is 0 Å². The van der Waals surface area contributed by atoms with Gasteiger partial charge in [0.1, 0.15) is 5.76 Å². The van der Waals surface area contributed by atoms with Crippen molar-refractivity contribution in [3.05, 3.63) is 48.0 Å². The van der Waals surface area contributed by atoms with Gasteiger partial charge in [-0.3, -0.25) is 0 Å². The van der Waals surface area contributed by atoms with Gasteiger partial charge in [-0.1, -0.05) is 17.3 Å². The second-order valence-electron chi connectivity index (χ2n) is 6.13. The Balaban J connectivity index is 1.47. The summed E-state index contributed by atoms with van der Waals surface area (Å²) in [6, 6.07) is 11.3. The molecule has 0 radical (unpaired) electrons. The Morgan fingerprint density at radius 3 is 2.60 bits per heavy atom. The van der Waals surface area contributed by atoms with E-state index in [-0.39, 0.29) is 0 Å². The summed E-state index contributed by atoms with van der Waals surface area (Å²) in [5.74, 6) is 3.83. The van der Waals surface area contributed by atoms with E-state index in [2.05, 4.69) is 20.3 Å². The summed E-state index contributed by atoms with van der Waals surface area (Å²) >= 11 is 0. The largest absolute Gasteiger partial charge is 0.456 e. The van der Waals surface area contributed by atoms with Gasteiger partial charge < -0.3 is 13.4 Å². The summed E-state index contributed by atoms with van der Waals surface area (Å²) in [6.45, 7) is 1.87. The third-order valence-corrected chi connectivity index (χ3v) is 4.11. The molecule has 3 aromatic heterocycles. The lowest BCUT2D eigenvalue weighted by atomic mass is 10.1. The maximum absolute atomic E-state index is 5.73. The van der Waals surface area contributed by atoms with Gasteiger partial charge in [-0.25, -0.2) is 0 Å². The van der Waals surface area contributed by atoms with Crippen LogP contribution in [0.25, 0.3) is 34.5 Å². The van der Waals surface area contributed by atoms with E-state index >= 15 is 0 Å². The summed E-state index contributed by atoms with van der Waals surface area (Å²) in [6.07, 6.45) is 2.25. The van der Waals surface area contributed by atoms with Crippen LogP contribution in [0, 0.1) is 6.92 Å². The highest BCUT2D eigenvalue weighted by Gasteiger charge is 2.29. The minimum Gasteiger partial charge on any atom is -0.456 e. The predicted molar refractivity (Wildman–Crippen MR) is 87.4 cm³/mol. The summed E-state index contributed by atoms with van der Waals surface area (Å²) in [5.41, 5.74) is 1.64. The topological polar surface area (TPSA) is 91.0 Å². The fraction of sp³-hybridized carbons (Fsp3) is 0.222. The zero-order valence-corrected chi connectivity index (χ0v) is 13.5. The molecule has 0 spiro atoms. The molecule has 0 saturated heterocycles. The lowest BCUT2D eigenvalue weighted by Crippen LogP contribution is -1.84. The maximum atomic E-state index is 5.73. The minimum atomic E-state index is 0.351. The van der Waals surface area contributed by atoms with Crippen LogP contribution in [0.3, 0.4) is 0 Å². The fourth-order valence-corrected chi connectivity index (χ4v) is 2.63. The molecule has 1 aliphatic rings. The van der Waals surface area contributed by atoms with Crippen LogP contribution in [0.2, 0.25) is 0 Å². The van der Waals surface area contributed by atoms with E-state index in [1.54, 1.807) is 0 Å². The van der Waals surface area contributed by atoms with E-state index in [0.29, 0.717) is 35.2 Å². The number of hydrogen-bond donors (Lipinski definition) is 0. The van der Waals surface area contributed by atoms with E-state index in [1.165, 1.54) is 0 Å². The summed E-state index contributed by atoms with van der Waals surface area (Å²) in [7, 11) is 0. The number of rotatable bonds is 4. The van der Waals surface area contributed by atoms with Gasteiger partial charge >= 0.3 is 0 Å². The Bertz CT molecular complexity index is 1040. The molecule has 0 atom stereocenters. The highest BCUT2D eigenvalue weighted by Crippen LogP contribution is 2.39. The highest BCUT2D eigenvalue weighted by atomic mass is 16.5. The average molecular weight is 334 g/mol. The van der Waals surface area contributed by atoms with Gasteiger partial charge in [0.15, 0.2) is 5.76 Å². The van der Waals surface area contributed by atoms with Crippen LogP contribution in [0.5, 0.6) is 0 Å². The molecule has 0 bridgehead atoms. The summed E-state index contributed by atoms with van der Waals surface area (Å²) in [4.78, 5) is 4.47. The number of nitrogens with zero attached hydrogens (tertiary/aromatic N) is 4. The molecule has 4 aromatic rings. The van der Waals surface area contributed by atoms with Gasteiger partial charge in [0.05, 0.1) is 0 Å². The second-order valence-corrected chi connectivity index (χ2v) is 6.13. The Hall–Kier alpha value is -3.22. The summed E-state index contributed by atoms with van der Waals surface area (Å²) < 4.78 is 16.6. The molecule has 3 heterocycles. The van der Waals surface area contributed by atoms with Crippen molar-refractivity contribution >= 4 is 0 Å². The molecule has 1 aliphatic carbocycles. The van der Waals surface area contributed by atoms with Crippen molar-refractivity contribution in [1.82, 2.24) is 20.3 Å². The van der Waals surface area contributed by atoms with Crippen LogP contribution in [0.1, 0.15) is 30.4 Å². The first-order chi connectivity index (χ1) is 12.3. The molecule has 0 amide bonds. The SMILES string of the molecule is Cc1ccc(-c2nnc(-c3cccc(-c4noc(C5CC5)n4)c3)o2)o1. The van der Waals surface area contributed by atoms with Gasteiger partial charge in [0.2, 0.25) is 17.6 Å². The van der Waals surface area contributed by atoms with E-state index in [9.17, 15) is 0 Å². The Labute approximate surface area is 142 Å². The molecule has 7 nitrogen and oxygen atoms in total. The Morgan fingerprint density at radius 2 is 1.80 bits per heavy atom. The van der Waals surface area contributed by atoms with Crippen LogP contribution in [0.4, 0.5) is 0 Å². The Morgan fingerprint density at radius 1 is 0.960 bits per heavy atom. The van der Waals surface area contributed by atoms with Crippen LogP contribution in [-0.2, 0) is 0 Å².